The van der Waals surface area contributed by atoms with Crippen molar-refractivity contribution in [3.05, 3.63) is 101 Å². The van der Waals surface area contributed by atoms with E-state index in [1.807, 2.05) is 61.5 Å². The average molecular weight is 392 g/mol. The molecule has 0 bridgehead atoms. The van der Waals surface area contributed by atoms with E-state index in [1.54, 1.807) is 16.4 Å². The zero-order chi connectivity index (χ0) is 19.7. The van der Waals surface area contributed by atoms with E-state index in [0.717, 1.165) is 29.5 Å². The van der Waals surface area contributed by atoms with Crippen LogP contribution in [0.2, 0.25) is 0 Å². The SMILES string of the molecule is CCC1Cc2ccccc2[C@H](c2ccccc2)N1S(=O)(=O)c1ccc(C)cc1. The molecule has 4 rings (SSSR count). The predicted octanol–water partition coefficient (Wildman–Crippen LogP) is 5.11. The molecule has 0 fully saturated rings. The maximum Gasteiger partial charge on any atom is 0.244 e. The summed E-state index contributed by atoms with van der Waals surface area (Å²) in [5.74, 6) is 0. The van der Waals surface area contributed by atoms with Gasteiger partial charge in [-0.3, -0.25) is 0 Å². The predicted molar refractivity (Wildman–Crippen MR) is 113 cm³/mol. The first-order valence-corrected chi connectivity index (χ1v) is 11.2. The van der Waals surface area contributed by atoms with Crippen molar-refractivity contribution in [3.63, 3.8) is 0 Å². The van der Waals surface area contributed by atoms with Gasteiger partial charge in [0.1, 0.15) is 0 Å². The molecule has 0 aliphatic carbocycles. The van der Waals surface area contributed by atoms with Crippen molar-refractivity contribution in [1.29, 1.82) is 0 Å². The molecule has 4 heteroatoms. The molecule has 0 radical (unpaired) electrons. The lowest BCUT2D eigenvalue weighted by Crippen LogP contribution is -2.47. The first kappa shape index (κ1) is 18.9. The number of nitrogens with zero attached hydrogens (tertiary/aromatic N) is 1. The van der Waals surface area contributed by atoms with Crippen LogP contribution in [0.25, 0.3) is 0 Å². The molecule has 2 atom stereocenters. The minimum atomic E-state index is -3.65. The van der Waals surface area contributed by atoms with Crippen molar-refractivity contribution in [2.24, 2.45) is 0 Å². The number of rotatable bonds is 4. The average Bonchev–Trinajstić information content (AvgIpc) is 2.73. The Balaban J connectivity index is 1.93. The van der Waals surface area contributed by atoms with E-state index in [4.69, 9.17) is 0 Å². The number of hydrogen-bond acceptors (Lipinski definition) is 2. The molecular weight excluding hydrogens is 366 g/mol. The van der Waals surface area contributed by atoms with Crippen LogP contribution >= 0.6 is 0 Å². The Labute approximate surface area is 167 Å². The summed E-state index contributed by atoms with van der Waals surface area (Å²) < 4.78 is 29.3. The maximum absolute atomic E-state index is 13.8. The molecule has 3 nitrogen and oxygen atoms in total. The summed E-state index contributed by atoms with van der Waals surface area (Å²) in [4.78, 5) is 0.358. The molecule has 3 aromatic rings. The van der Waals surface area contributed by atoms with Crippen LogP contribution in [0.5, 0.6) is 0 Å². The van der Waals surface area contributed by atoms with E-state index in [2.05, 4.69) is 19.1 Å². The summed E-state index contributed by atoms with van der Waals surface area (Å²) in [6, 6.07) is 25.0. The van der Waals surface area contributed by atoms with Crippen LogP contribution in [-0.2, 0) is 16.4 Å². The minimum absolute atomic E-state index is 0.0774. The number of aryl methyl sites for hydroxylation is 1. The van der Waals surface area contributed by atoms with E-state index in [1.165, 1.54) is 5.56 Å². The Morgan fingerprint density at radius 3 is 2.21 bits per heavy atom. The molecule has 28 heavy (non-hydrogen) atoms. The summed E-state index contributed by atoms with van der Waals surface area (Å²) in [6.07, 6.45) is 1.50. The van der Waals surface area contributed by atoms with Crippen molar-refractivity contribution in [2.45, 2.75) is 43.7 Å². The standard InChI is InChI=1S/C24H25NO2S/c1-3-21-17-20-11-7-8-12-23(20)24(19-9-5-4-6-10-19)25(21)28(26,27)22-15-13-18(2)14-16-22/h4-16,21,24H,3,17H2,1-2H3/t21?,24-/m0/s1. The monoisotopic (exact) mass is 391 g/mol. The van der Waals surface area contributed by atoms with Crippen molar-refractivity contribution >= 4 is 10.0 Å². The molecule has 0 aromatic heterocycles. The molecule has 1 unspecified atom stereocenters. The third-order valence-corrected chi connectivity index (χ3v) is 7.53. The quantitative estimate of drug-likeness (QED) is 0.620. The van der Waals surface area contributed by atoms with Gasteiger partial charge >= 0.3 is 0 Å². The van der Waals surface area contributed by atoms with Crippen molar-refractivity contribution in [1.82, 2.24) is 4.31 Å². The zero-order valence-corrected chi connectivity index (χ0v) is 17.1. The molecular formula is C24H25NO2S. The van der Waals surface area contributed by atoms with E-state index >= 15 is 0 Å². The van der Waals surface area contributed by atoms with E-state index in [0.29, 0.717) is 4.90 Å². The highest BCUT2D eigenvalue weighted by Gasteiger charge is 2.42. The molecule has 0 spiro atoms. The highest BCUT2D eigenvalue weighted by atomic mass is 32.2. The summed E-state index contributed by atoms with van der Waals surface area (Å²) in [6.45, 7) is 4.04. The Bertz CT molecular complexity index is 1060. The van der Waals surface area contributed by atoms with Gasteiger partial charge in [0.15, 0.2) is 0 Å². The second kappa shape index (κ2) is 7.53. The zero-order valence-electron chi connectivity index (χ0n) is 16.2. The molecule has 0 amide bonds. The van der Waals surface area contributed by atoms with Gasteiger partial charge in [0.2, 0.25) is 10.0 Å². The van der Waals surface area contributed by atoms with Gasteiger partial charge in [-0.1, -0.05) is 79.2 Å². The van der Waals surface area contributed by atoms with Gasteiger partial charge in [-0.15, -0.1) is 0 Å². The minimum Gasteiger partial charge on any atom is -0.207 e. The van der Waals surface area contributed by atoms with E-state index in [-0.39, 0.29) is 12.1 Å². The lowest BCUT2D eigenvalue weighted by Gasteiger charge is -2.42. The van der Waals surface area contributed by atoms with Gasteiger partial charge in [0, 0.05) is 6.04 Å². The van der Waals surface area contributed by atoms with Gasteiger partial charge in [-0.25, -0.2) is 8.42 Å². The number of sulfonamides is 1. The first-order valence-electron chi connectivity index (χ1n) is 9.75. The third-order valence-electron chi connectivity index (χ3n) is 5.60. The van der Waals surface area contributed by atoms with E-state index < -0.39 is 10.0 Å². The van der Waals surface area contributed by atoms with Gasteiger partial charge in [0.25, 0.3) is 0 Å². The van der Waals surface area contributed by atoms with Crippen LogP contribution in [0, 0.1) is 6.92 Å². The summed E-state index contributed by atoms with van der Waals surface area (Å²) in [5.41, 5.74) is 4.37. The van der Waals surface area contributed by atoms with Crippen molar-refractivity contribution in [2.75, 3.05) is 0 Å². The van der Waals surface area contributed by atoms with Gasteiger partial charge < -0.3 is 0 Å². The van der Waals surface area contributed by atoms with Crippen molar-refractivity contribution < 1.29 is 8.42 Å². The Kier molecular flexibility index (Phi) is 5.09. The molecule has 1 aliphatic heterocycles. The second-order valence-corrected chi connectivity index (χ2v) is 9.27. The number of benzene rings is 3. The summed E-state index contributed by atoms with van der Waals surface area (Å²) in [7, 11) is -3.65. The first-order chi connectivity index (χ1) is 13.5. The molecule has 0 N–H and O–H groups in total. The van der Waals surface area contributed by atoms with Crippen LogP contribution in [0.1, 0.15) is 41.6 Å². The lowest BCUT2D eigenvalue weighted by atomic mass is 9.86. The molecule has 1 heterocycles. The van der Waals surface area contributed by atoms with Crippen LogP contribution in [0.3, 0.4) is 0 Å². The fourth-order valence-corrected chi connectivity index (χ4v) is 5.98. The van der Waals surface area contributed by atoms with Gasteiger partial charge in [-0.2, -0.15) is 4.31 Å². The largest absolute Gasteiger partial charge is 0.244 e. The summed E-state index contributed by atoms with van der Waals surface area (Å²) in [5, 5.41) is 0. The van der Waals surface area contributed by atoms with Gasteiger partial charge in [-0.05, 0) is 48.6 Å². The van der Waals surface area contributed by atoms with Crippen LogP contribution in [0.4, 0.5) is 0 Å². The number of hydrogen-bond donors (Lipinski definition) is 0. The van der Waals surface area contributed by atoms with Crippen LogP contribution < -0.4 is 0 Å². The fourth-order valence-electron chi connectivity index (χ4n) is 4.13. The fraction of sp³-hybridized carbons (Fsp3) is 0.250. The molecule has 0 saturated heterocycles. The highest BCUT2D eigenvalue weighted by molar-refractivity contribution is 7.89. The van der Waals surface area contributed by atoms with Crippen LogP contribution in [0.15, 0.2) is 83.8 Å². The molecule has 3 aromatic carbocycles. The molecule has 144 valence electrons. The van der Waals surface area contributed by atoms with Gasteiger partial charge in [0.05, 0.1) is 10.9 Å². The smallest absolute Gasteiger partial charge is 0.207 e. The summed E-state index contributed by atoms with van der Waals surface area (Å²) >= 11 is 0. The topological polar surface area (TPSA) is 37.4 Å². The molecule has 0 saturated carbocycles. The maximum atomic E-state index is 13.8. The third kappa shape index (κ3) is 3.27. The second-order valence-electron chi connectivity index (χ2n) is 7.43. The Hall–Kier alpha value is -2.43. The van der Waals surface area contributed by atoms with Crippen LogP contribution in [-0.4, -0.2) is 18.8 Å². The normalized spacial score (nSPS) is 19.9. The van der Waals surface area contributed by atoms with Crippen molar-refractivity contribution in [3.8, 4) is 0 Å². The highest BCUT2D eigenvalue weighted by Crippen LogP contribution is 2.42. The molecule has 1 aliphatic rings. The number of fused-ring (bicyclic) bond motifs is 1. The van der Waals surface area contributed by atoms with E-state index in [9.17, 15) is 8.42 Å². The Morgan fingerprint density at radius 1 is 0.893 bits per heavy atom. The lowest BCUT2D eigenvalue weighted by molar-refractivity contribution is 0.249. The Morgan fingerprint density at radius 2 is 1.54 bits per heavy atom.